The summed E-state index contributed by atoms with van der Waals surface area (Å²) in [6, 6.07) is 0. The van der Waals surface area contributed by atoms with E-state index in [4.69, 9.17) is 9.73 Å². The average molecular weight is 421 g/mol. The van der Waals surface area contributed by atoms with Gasteiger partial charge in [-0.05, 0) is 56.8 Å². The molecule has 3 fully saturated rings. The molecule has 0 aromatic rings. The fourth-order valence-electron chi connectivity index (χ4n) is 3.51. The second-order valence-corrected chi connectivity index (χ2v) is 7.13. The summed E-state index contributed by atoms with van der Waals surface area (Å²) in [6.07, 6.45) is 9.44. The first-order valence-corrected chi connectivity index (χ1v) is 8.92. The number of rotatable bonds is 7. The first kappa shape index (κ1) is 18.3. The molecule has 0 bridgehead atoms. The zero-order chi connectivity index (χ0) is 14.5. The molecule has 1 saturated heterocycles. The maximum absolute atomic E-state index is 5.68. The molecular weight excluding hydrogens is 389 g/mol. The third-order valence-corrected chi connectivity index (χ3v) is 5.25. The summed E-state index contributed by atoms with van der Waals surface area (Å²) >= 11 is 0. The van der Waals surface area contributed by atoms with Gasteiger partial charge in [-0.1, -0.05) is 6.42 Å². The SMILES string of the molecule is CCNC(=NCCCOCC1CC1)N1CCC2(CCC2)C1.I. The second-order valence-electron chi connectivity index (χ2n) is 7.13. The molecule has 2 saturated carbocycles. The lowest BCUT2D eigenvalue weighted by Crippen LogP contribution is -2.42. The summed E-state index contributed by atoms with van der Waals surface area (Å²) < 4.78 is 5.68. The van der Waals surface area contributed by atoms with Gasteiger partial charge in [0.15, 0.2) is 5.96 Å². The lowest BCUT2D eigenvalue weighted by Gasteiger charge is -2.38. The molecule has 3 aliphatic rings. The van der Waals surface area contributed by atoms with E-state index in [2.05, 4.69) is 17.1 Å². The van der Waals surface area contributed by atoms with Crippen LogP contribution in [-0.4, -0.2) is 50.3 Å². The Labute approximate surface area is 152 Å². The van der Waals surface area contributed by atoms with Gasteiger partial charge in [-0.15, -0.1) is 24.0 Å². The predicted molar refractivity (Wildman–Crippen MR) is 102 cm³/mol. The topological polar surface area (TPSA) is 36.9 Å². The van der Waals surface area contributed by atoms with E-state index in [9.17, 15) is 0 Å². The number of hydrogen-bond donors (Lipinski definition) is 1. The smallest absolute Gasteiger partial charge is 0.193 e. The fourth-order valence-corrected chi connectivity index (χ4v) is 3.51. The number of halogens is 1. The molecule has 2 aliphatic carbocycles. The highest BCUT2D eigenvalue weighted by molar-refractivity contribution is 14.0. The van der Waals surface area contributed by atoms with Crippen LogP contribution in [0.3, 0.4) is 0 Å². The Hall–Kier alpha value is -0.0400. The molecule has 1 aliphatic heterocycles. The van der Waals surface area contributed by atoms with Gasteiger partial charge in [-0.25, -0.2) is 0 Å². The summed E-state index contributed by atoms with van der Waals surface area (Å²) in [5, 5.41) is 3.46. The zero-order valence-corrected chi connectivity index (χ0v) is 16.3. The summed E-state index contributed by atoms with van der Waals surface area (Å²) in [7, 11) is 0. The molecule has 0 radical (unpaired) electrons. The molecule has 0 atom stereocenters. The van der Waals surface area contributed by atoms with Crippen LogP contribution in [0.2, 0.25) is 0 Å². The maximum atomic E-state index is 5.68. The molecule has 5 heteroatoms. The van der Waals surface area contributed by atoms with Crippen molar-refractivity contribution < 1.29 is 4.74 Å². The molecule has 128 valence electrons. The highest BCUT2D eigenvalue weighted by atomic mass is 127. The van der Waals surface area contributed by atoms with Crippen molar-refractivity contribution in [3.8, 4) is 0 Å². The number of nitrogens with one attached hydrogen (secondary N) is 1. The van der Waals surface area contributed by atoms with E-state index >= 15 is 0 Å². The van der Waals surface area contributed by atoms with Crippen molar-refractivity contribution in [1.82, 2.24) is 10.2 Å². The van der Waals surface area contributed by atoms with Gasteiger partial charge in [0.25, 0.3) is 0 Å². The molecule has 0 aromatic heterocycles. The van der Waals surface area contributed by atoms with Crippen LogP contribution in [0, 0.1) is 11.3 Å². The summed E-state index contributed by atoms with van der Waals surface area (Å²) in [5.41, 5.74) is 0.642. The molecule has 3 rings (SSSR count). The Morgan fingerprint density at radius 1 is 1.32 bits per heavy atom. The van der Waals surface area contributed by atoms with E-state index in [1.54, 1.807) is 0 Å². The van der Waals surface area contributed by atoms with Gasteiger partial charge in [-0.3, -0.25) is 4.99 Å². The van der Waals surface area contributed by atoms with Crippen molar-refractivity contribution in [3.05, 3.63) is 0 Å². The van der Waals surface area contributed by atoms with Crippen molar-refractivity contribution in [2.24, 2.45) is 16.3 Å². The van der Waals surface area contributed by atoms with Crippen LogP contribution in [-0.2, 0) is 4.74 Å². The van der Waals surface area contributed by atoms with Gasteiger partial charge in [0.1, 0.15) is 0 Å². The van der Waals surface area contributed by atoms with Crippen LogP contribution in [0.5, 0.6) is 0 Å². The van der Waals surface area contributed by atoms with Crippen LogP contribution in [0.4, 0.5) is 0 Å². The number of likely N-dealkylation sites (tertiary alicyclic amines) is 1. The Morgan fingerprint density at radius 2 is 2.14 bits per heavy atom. The predicted octanol–water partition coefficient (Wildman–Crippen LogP) is 3.26. The van der Waals surface area contributed by atoms with E-state index in [-0.39, 0.29) is 24.0 Å². The van der Waals surface area contributed by atoms with E-state index in [1.807, 2.05) is 0 Å². The van der Waals surface area contributed by atoms with Crippen LogP contribution in [0.15, 0.2) is 4.99 Å². The van der Waals surface area contributed by atoms with Crippen molar-refractivity contribution in [2.75, 3.05) is 39.4 Å². The van der Waals surface area contributed by atoms with Gasteiger partial charge >= 0.3 is 0 Å². The Bertz CT molecular complexity index is 367. The van der Waals surface area contributed by atoms with Gasteiger partial charge < -0.3 is 15.0 Å². The first-order chi connectivity index (χ1) is 10.3. The normalized spacial score (nSPS) is 23.3. The minimum atomic E-state index is 0. The minimum absolute atomic E-state index is 0. The van der Waals surface area contributed by atoms with Crippen molar-refractivity contribution in [2.45, 2.75) is 51.9 Å². The van der Waals surface area contributed by atoms with Gasteiger partial charge in [-0.2, -0.15) is 0 Å². The van der Waals surface area contributed by atoms with Crippen LogP contribution < -0.4 is 5.32 Å². The third kappa shape index (κ3) is 4.98. The van der Waals surface area contributed by atoms with Gasteiger partial charge in [0, 0.05) is 39.4 Å². The third-order valence-electron chi connectivity index (χ3n) is 5.25. The quantitative estimate of drug-likeness (QED) is 0.297. The van der Waals surface area contributed by atoms with E-state index < -0.39 is 0 Å². The molecular formula is C17H32IN3O. The number of hydrogen-bond acceptors (Lipinski definition) is 2. The molecule has 1 heterocycles. The van der Waals surface area contributed by atoms with E-state index in [0.29, 0.717) is 5.41 Å². The Kier molecular flexibility index (Phi) is 7.25. The Balaban J connectivity index is 0.00000176. The van der Waals surface area contributed by atoms with E-state index in [1.165, 1.54) is 51.6 Å². The summed E-state index contributed by atoms with van der Waals surface area (Å²) in [4.78, 5) is 7.28. The molecule has 0 amide bonds. The van der Waals surface area contributed by atoms with Crippen molar-refractivity contribution in [3.63, 3.8) is 0 Å². The van der Waals surface area contributed by atoms with Crippen LogP contribution >= 0.6 is 24.0 Å². The molecule has 22 heavy (non-hydrogen) atoms. The van der Waals surface area contributed by atoms with E-state index in [0.717, 1.165) is 44.6 Å². The van der Waals surface area contributed by atoms with Gasteiger partial charge in [0.2, 0.25) is 0 Å². The lowest BCUT2D eigenvalue weighted by atomic mass is 9.68. The standard InChI is InChI=1S/C17H31N3O.HI/c1-2-18-16(19-10-4-12-21-13-15-5-6-15)20-11-9-17(14-20)7-3-8-17;/h15H,2-14H2,1H3,(H,18,19);1H. The molecule has 4 nitrogen and oxygen atoms in total. The van der Waals surface area contributed by atoms with Gasteiger partial charge in [0.05, 0.1) is 0 Å². The monoisotopic (exact) mass is 421 g/mol. The highest BCUT2D eigenvalue weighted by Gasteiger charge is 2.43. The fraction of sp³-hybridized carbons (Fsp3) is 0.941. The second kappa shape index (κ2) is 8.71. The van der Waals surface area contributed by atoms with Crippen molar-refractivity contribution >= 4 is 29.9 Å². The molecule has 0 aromatic carbocycles. The largest absolute Gasteiger partial charge is 0.381 e. The summed E-state index contributed by atoms with van der Waals surface area (Å²) in [6.45, 7) is 8.24. The average Bonchev–Trinajstić information content (AvgIpc) is 3.15. The molecule has 1 spiro atoms. The lowest BCUT2D eigenvalue weighted by molar-refractivity contribution is 0.123. The minimum Gasteiger partial charge on any atom is -0.381 e. The number of nitrogens with zero attached hydrogens (tertiary/aromatic N) is 2. The first-order valence-electron chi connectivity index (χ1n) is 8.92. The summed E-state index contributed by atoms with van der Waals surface area (Å²) in [5.74, 6) is 2.00. The van der Waals surface area contributed by atoms with Crippen LogP contribution in [0.1, 0.15) is 51.9 Å². The number of aliphatic imine (C=N–C) groups is 1. The van der Waals surface area contributed by atoms with Crippen LogP contribution in [0.25, 0.3) is 0 Å². The molecule has 1 N–H and O–H groups in total. The zero-order valence-electron chi connectivity index (χ0n) is 14.0. The molecule has 0 unspecified atom stereocenters. The number of ether oxygens (including phenoxy) is 1. The van der Waals surface area contributed by atoms with Crippen molar-refractivity contribution in [1.29, 1.82) is 0 Å². The highest BCUT2D eigenvalue weighted by Crippen LogP contribution is 2.47. The maximum Gasteiger partial charge on any atom is 0.193 e. The number of guanidine groups is 1. The Morgan fingerprint density at radius 3 is 2.73 bits per heavy atom.